The van der Waals surface area contributed by atoms with Crippen molar-refractivity contribution in [3.63, 3.8) is 0 Å². The van der Waals surface area contributed by atoms with Gasteiger partial charge in [0.25, 0.3) is 15.9 Å². The van der Waals surface area contributed by atoms with Crippen LogP contribution in [0.3, 0.4) is 0 Å². The molecule has 0 spiro atoms. The monoisotopic (exact) mass is 379 g/mol. The number of amides is 1. The molecule has 1 N–H and O–H groups in total. The molecule has 1 saturated heterocycles. The average Bonchev–Trinajstić information content (AvgIpc) is 2.94. The first-order valence-corrected chi connectivity index (χ1v) is 10.5. The smallest absolute Gasteiger partial charge is 0.265 e. The molecule has 1 aromatic carbocycles. The summed E-state index contributed by atoms with van der Waals surface area (Å²) in [6.07, 6.45) is 2.13. The summed E-state index contributed by atoms with van der Waals surface area (Å²) >= 11 is 1.09. The molecule has 0 radical (unpaired) electrons. The van der Waals surface area contributed by atoms with Gasteiger partial charge in [0.05, 0.1) is 10.6 Å². The van der Waals surface area contributed by atoms with E-state index in [1.807, 2.05) is 4.90 Å². The highest BCUT2D eigenvalue weighted by atomic mass is 32.2. The normalized spacial score (nSPS) is 18.2. The van der Waals surface area contributed by atoms with Crippen molar-refractivity contribution in [1.82, 2.24) is 9.88 Å². The van der Waals surface area contributed by atoms with E-state index in [2.05, 4.69) is 16.6 Å². The highest BCUT2D eigenvalue weighted by Crippen LogP contribution is 2.28. The zero-order valence-electron chi connectivity index (χ0n) is 14.2. The molecule has 1 atom stereocenters. The Morgan fingerprint density at radius 3 is 2.72 bits per heavy atom. The van der Waals surface area contributed by atoms with E-state index in [9.17, 15) is 13.2 Å². The molecule has 134 valence electrons. The quantitative estimate of drug-likeness (QED) is 0.885. The van der Waals surface area contributed by atoms with Crippen molar-refractivity contribution in [2.45, 2.75) is 31.6 Å². The molecule has 1 aliphatic rings. The number of thiazole rings is 1. The van der Waals surface area contributed by atoms with E-state index in [0.29, 0.717) is 16.5 Å². The van der Waals surface area contributed by atoms with Gasteiger partial charge in [-0.3, -0.25) is 9.52 Å². The highest BCUT2D eigenvalue weighted by molar-refractivity contribution is 7.93. The molecule has 1 aliphatic heterocycles. The number of piperidine rings is 1. The van der Waals surface area contributed by atoms with Gasteiger partial charge < -0.3 is 4.90 Å². The van der Waals surface area contributed by atoms with E-state index in [4.69, 9.17) is 0 Å². The molecular weight excluding hydrogens is 358 g/mol. The molecule has 1 fully saturated rings. The van der Waals surface area contributed by atoms with Crippen molar-refractivity contribution in [1.29, 1.82) is 0 Å². The molecule has 8 heteroatoms. The fourth-order valence-corrected chi connectivity index (χ4v) is 5.12. The summed E-state index contributed by atoms with van der Waals surface area (Å²) in [6.45, 7) is 5.35. The van der Waals surface area contributed by atoms with E-state index in [1.54, 1.807) is 25.1 Å². The number of likely N-dealkylation sites (tertiary alicyclic amines) is 1. The third kappa shape index (κ3) is 4.01. The van der Waals surface area contributed by atoms with E-state index in [1.165, 1.54) is 12.1 Å². The zero-order valence-corrected chi connectivity index (χ0v) is 15.9. The van der Waals surface area contributed by atoms with E-state index in [0.717, 1.165) is 37.3 Å². The van der Waals surface area contributed by atoms with Crippen molar-refractivity contribution < 1.29 is 13.2 Å². The van der Waals surface area contributed by atoms with Gasteiger partial charge in [-0.05, 0) is 37.8 Å². The van der Waals surface area contributed by atoms with Gasteiger partial charge in [0.1, 0.15) is 4.88 Å². The van der Waals surface area contributed by atoms with Crippen LogP contribution < -0.4 is 4.72 Å². The third-order valence-corrected chi connectivity index (χ3v) is 6.76. The summed E-state index contributed by atoms with van der Waals surface area (Å²) < 4.78 is 27.3. The number of carbonyl (C=O) groups is 1. The minimum atomic E-state index is -3.70. The number of anilines is 1. The summed E-state index contributed by atoms with van der Waals surface area (Å²) in [5, 5.41) is 0.217. The molecule has 2 heterocycles. The summed E-state index contributed by atoms with van der Waals surface area (Å²) in [5.41, 5.74) is 0.555. The van der Waals surface area contributed by atoms with Gasteiger partial charge in [0.2, 0.25) is 0 Å². The molecule has 3 rings (SSSR count). The zero-order chi connectivity index (χ0) is 18.0. The predicted molar refractivity (Wildman–Crippen MR) is 98.4 cm³/mol. The summed E-state index contributed by atoms with van der Waals surface area (Å²) in [5.74, 6) is 0.425. The number of nitrogens with one attached hydrogen (secondary N) is 1. The summed E-state index contributed by atoms with van der Waals surface area (Å²) in [7, 11) is -3.70. The molecule has 0 aliphatic carbocycles. The number of aryl methyl sites for hydroxylation is 1. The second-order valence-electron chi connectivity index (χ2n) is 6.35. The van der Waals surface area contributed by atoms with Crippen LogP contribution >= 0.6 is 11.3 Å². The van der Waals surface area contributed by atoms with Crippen molar-refractivity contribution in [2.24, 2.45) is 5.92 Å². The standard InChI is InChI=1S/C17H21N3O3S2/c1-12-7-6-10-20(11-12)16(21)15-13(2)18-17(24-15)19-25(22,23)14-8-4-3-5-9-14/h3-5,8-9,12H,6-7,10-11H2,1-2H3,(H,18,19). The lowest BCUT2D eigenvalue weighted by Gasteiger charge is -2.30. The maximum Gasteiger partial charge on any atom is 0.265 e. The minimum absolute atomic E-state index is 0.0632. The maximum absolute atomic E-state index is 12.7. The lowest BCUT2D eigenvalue weighted by Crippen LogP contribution is -2.39. The first-order valence-electron chi connectivity index (χ1n) is 8.21. The molecule has 1 aromatic heterocycles. The third-order valence-electron chi connectivity index (χ3n) is 4.21. The first kappa shape index (κ1) is 17.9. The molecule has 1 amide bonds. The molecule has 25 heavy (non-hydrogen) atoms. The van der Waals surface area contributed by atoms with Crippen LogP contribution in [0, 0.1) is 12.8 Å². The van der Waals surface area contributed by atoms with Gasteiger partial charge in [-0.1, -0.05) is 36.5 Å². The Labute approximate surface area is 151 Å². The number of carbonyl (C=O) groups excluding carboxylic acids is 1. The number of rotatable bonds is 4. The molecular formula is C17H21N3O3S2. The number of sulfonamides is 1. The van der Waals surface area contributed by atoms with Crippen LogP contribution in [0.5, 0.6) is 0 Å². The van der Waals surface area contributed by atoms with Gasteiger partial charge in [-0.15, -0.1) is 0 Å². The number of nitrogens with zero attached hydrogens (tertiary/aromatic N) is 2. The van der Waals surface area contributed by atoms with Crippen molar-refractivity contribution in [3.8, 4) is 0 Å². The molecule has 2 aromatic rings. The maximum atomic E-state index is 12.7. The fraction of sp³-hybridized carbons (Fsp3) is 0.412. The molecule has 1 unspecified atom stereocenters. The molecule has 0 saturated carbocycles. The average molecular weight is 380 g/mol. The van der Waals surface area contributed by atoms with Gasteiger partial charge in [0.15, 0.2) is 5.13 Å². The number of aromatic nitrogens is 1. The Morgan fingerprint density at radius 1 is 1.32 bits per heavy atom. The Kier molecular flexibility index (Phi) is 5.10. The Morgan fingerprint density at radius 2 is 2.04 bits per heavy atom. The largest absolute Gasteiger partial charge is 0.338 e. The number of benzene rings is 1. The van der Waals surface area contributed by atoms with Crippen LogP contribution in [0.4, 0.5) is 5.13 Å². The van der Waals surface area contributed by atoms with E-state index >= 15 is 0 Å². The predicted octanol–water partition coefficient (Wildman–Crippen LogP) is 3.12. The Hall–Kier alpha value is -1.93. The van der Waals surface area contributed by atoms with E-state index in [-0.39, 0.29) is 15.9 Å². The van der Waals surface area contributed by atoms with Gasteiger partial charge in [-0.2, -0.15) is 0 Å². The second kappa shape index (κ2) is 7.13. The van der Waals surface area contributed by atoms with Crippen LogP contribution in [-0.2, 0) is 10.0 Å². The lowest BCUT2D eigenvalue weighted by molar-refractivity contribution is 0.0687. The fourth-order valence-electron chi connectivity index (χ4n) is 2.93. The van der Waals surface area contributed by atoms with Crippen molar-refractivity contribution in [3.05, 3.63) is 40.9 Å². The summed E-state index contributed by atoms with van der Waals surface area (Å²) in [6, 6.07) is 8.11. The van der Waals surface area contributed by atoms with Crippen LogP contribution in [0.25, 0.3) is 0 Å². The SMILES string of the molecule is Cc1nc(NS(=O)(=O)c2ccccc2)sc1C(=O)N1CCCC(C)C1. The van der Waals surface area contributed by atoms with E-state index < -0.39 is 10.0 Å². The number of hydrogen-bond donors (Lipinski definition) is 1. The lowest BCUT2D eigenvalue weighted by atomic mass is 10.0. The van der Waals surface area contributed by atoms with Gasteiger partial charge in [0, 0.05) is 13.1 Å². The van der Waals surface area contributed by atoms with Crippen LogP contribution in [0.1, 0.15) is 35.1 Å². The first-order chi connectivity index (χ1) is 11.9. The molecule has 6 nitrogen and oxygen atoms in total. The summed E-state index contributed by atoms with van der Waals surface area (Å²) in [4.78, 5) is 19.5. The van der Waals surface area contributed by atoms with Crippen LogP contribution in [0.2, 0.25) is 0 Å². The van der Waals surface area contributed by atoms with Gasteiger partial charge >= 0.3 is 0 Å². The number of hydrogen-bond acceptors (Lipinski definition) is 5. The van der Waals surface area contributed by atoms with Crippen LogP contribution in [-0.4, -0.2) is 37.3 Å². The topological polar surface area (TPSA) is 79.4 Å². The molecule has 0 bridgehead atoms. The Bertz CT molecular complexity index is 863. The van der Waals surface area contributed by atoms with Gasteiger partial charge in [-0.25, -0.2) is 13.4 Å². The van der Waals surface area contributed by atoms with Crippen molar-refractivity contribution in [2.75, 3.05) is 17.8 Å². The highest BCUT2D eigenvalue weighted by Gasteiger charge is 2.26. The Balaban J connectivity index is 1.80. The van der Waals surface area contributed by atoms with Crippen LogP contribution in [0.15, 0.2) is 35.2 Å². The minimum Gasteiger partial charge on any atom is -0.338 e. The second-order valence-corrected chi connectivity index (χ2v) is 9.03. The van der Waals surface area contributed by atoms with Crippen molar-refractivity contribution >= 4 is 32.4 Å².